The number of carbonyl (C=O) groups is 1. The maximum Gasteiger partial charge on any atom is 0.410 e. The Balaban J connectivity index is 1.95. The molecular weight excluding hydrogens is 386 g/mol. The summed E-state index contributed by atoms with van der Waals surface area (Å²) >= 11 is 3.38. The van der Waals surface area contributed by atoms with E-state index in [1.807, 2.05) is 38.6 Å². The Morgan fingerprint density at radius 1 is 1.32 bits per heavy atom. The van der Waals surface area contributed by atoms with Gasteiger partial charge in [0.05, 0.1) is 6.54 Å². The number of rotatable bonds is 1. The van der Waals surface area contributed by atoms with Crippen molar-refractivity contribution in [3.05, 3.63) is 16.6 Å². The minimum Gasteiger partial charge on any atom is -0.444 e. The molecule has 1 aliphatic carbocycles. The molecule has 25 heavy (non-hydrogen) atoms. The van der Waals surface area contributed by atoms with Gasteiger partial charge in [0.2, 0.25) is 0 Å². The summed E-state index contributed by atoms with van der Waals surface area (Å²) < 4.78 is 8.17. The topological polar surface area (TPSA) is 67.6 Å². The number of hydrogen-bond acceptors (Lipinski definition) is 4. The maximum atomic E-state index is 12.9. The highest BCUT2D eigenvalue weighted by Crippen LogP contribution is 2.49. The summed E-state index contributed by atoms with van der Waals surface area (Å²) in [7, 11) is 1.87. The molecule has 1 aliphatic heterocycles. The van der Waals surface area contributed by atoms with Gasteiger partial charge < -0.3 is 14.4 Å². The van der Waals surface area contributed by atoms with Gasteiger partial charge in [-0.25, -0.2) is 9.78 Å². The van der Waals surface area contributed by atoms with Crippen molar-refractivity contribution in [1.82, 2.24) is 14.5 Å². The Labute approximate surface area is 157 Å². The second-order valence-corrected chi connectivity index (χ2v) is 9.37. The molecule has 7 heteroatoms. The zero-order chi connectivity index (χ0) is 18.5. The SMILES string of the molecule is Cn1cc(Br)nc1C1(O)CN(C(=O)OC(C)(C)C)C2(CCCCC2)C1. The normalized spacial score (nSPS) is 26.2. The summed E-state index contributed by atoms with van der Waals surface area (Å²) in [6.45, 7) is 5.84. The summed E-state index contributed by atoms with van der Waals surface area (Å²) in [5, 5.41) is 11.4. The van der Waals surface area contributed by atoms with E-state index in [1.165, 1.54) is 6.42 Å². The number of aliphatic hydroxyl groups is 1. The molecule has 6 nitrogen and oxygen atoms in total. The third kappa shape index (κ3) is 3.58. The average molecular weight is 414 g/mol. The van der Waals surface area contributed by atoms with Crippen molar-refractivity contribution in [1.29, 1.82) is 0 Å². The van der Waals surface area contributed by atoms with Gasteiger partial charge in [-0.1, -0.05) is 19.3 Å². The first-order valence-corrected chi connectivity index (χ1v) is 9.76. The van der Waals surface area contributed by atoms with Gasteiger partial charge in [-0.15, -0.1) is 0 Å². The quantitative estimate of drug-likeness (QED) is 0.761. The van der Waals surface area contributed by atoms with Crippen LogP contribution < -0.4 is 0 Å². The number of hydrogen-bond donors (Lipinski definition) is 1. The summed E-state index contributed by atoms with van der Waals surface area (Å²) in [5.41, 5.74) is -2.05. The number of imidazole rings is 1. The van der Waals surface area contributed by atoms with E-state index in [4.69, 9.17) is 4.74 Å². The zero-order valence-electron chi connectivity index (χ0n) is 15.5. The fourth-order valence-corrected chi connectivity index (χ4v) is 4.84. The molecule has 0 bridgehead atoms. The van der Waals surface area contributed by atoms with Gasteiger partial charge in [0.15, 0.2) is 0 Å². The number of likely N-dealkylation sites (tertiary alicyclic amines) is 1. The molecule has 1 aromatic heterocycles. The van der Waals surface area contributed by atoms with Gasteiger partial charge in [0, 0.05) is 25.2 Å². The first-order valence-electron chi connectivity index (χ1n) is 8.97. The number of amides is 1. The van der Waals surface area contributed by atoms with E-state index in [0.717, 1.165) is 25.7 Å². The lowest BCUT2D eigenvalue weighted by Crippen LogP contribution is -2.50. The molecule has 1 spiro atoms. The lowest BCUT2D eigenvalue weighted by molar-refractivity contribution is -0.00243. The van der Waals surface area contributed by atoms with Crippen molar-refractivity contribution in [2.24, 2.45) is 7.05 Å². The highest BCUT2D eigenvalue weighted by Gasteiger charge is 2.57. The van der Waals surface area contributed by atoms with Crippen LogP contribution in [0.15, 0.2) is 10.8 Å². The first-order chi connectivity index (χ1) is 11.5. The minimum atomic E-state index is -1.16. The largest absolute Gasteiger partial charge is 0.444 e. The summed E-state index contributed by atoms with van der Waals surface area (Å²) in [6, 6.07) is 0. The van der Waals surface area contributed by atoms with E-state index in [2.05, 4.69) is 20.9 Å². The van der Waals surface area contributed by atoms with Crippen LogP contribution in [0.25, 0.3) is 0 Å². The van der Waals surface area contributed by atoms with Crippen LogP contribution >= 0.6 is 15.9 Å². The Morgan fingerprint density at radius 2 is 1.96 bits per heavy atom. The fraction of sp³-hybridized carbons (Fsp3) is 0.778. The molecule has 2 aliphatic rings. The summed E-state index contributed by atoms with van der Waals surface area (Å²) in [4.78, 5) is 19.1. The van der Waals surface area contributed by atoms with Crippen molar-refractivity contribution < 1.29 is 14.6 Å². The number of aryl methyl sites for hydroxylation is 1. The second kappa shape index (κ2) is 6.27. The summed E-state index contributed by atoms with van der Waals surface area (Å²) in [5.74, 6) is 0.593. The van der Waals surface area contributed by atoms with Gasteiger partial charge in [0.25, 0.3) is 0 Å². The average Bonchev–Trinajstić information content (AvgIpc) is 2.96. The van der Waals surface area contributed by atoms with Crippen molar-refractivity contribution in [2.45, 2.75) is 76.0 Å². The van der Waals surface area contributed by atoms with Crippen molar-refractivity contribution >= 4 is 22.0 Å². The lowest BCUT2D eigenvalue weighted by atomic mass is 9.77. The van der Waals surface area contributed by atoms with Crippen molar-refractivity contribution in [2.75, 3.05) is 6.54 Å². The zero-order valence-corrected chi connectivity index (χ0v) is 17.1. The van der Waals surface area contributed by atoms with Crippen LogP contribution in [-0.2, 0) is 17.4 Å². The molecule has 140 valence electrons. The van der Waals surface area contributed by atoms with Gasteiger partial charge in [-0.05, 0) is 49.5 Å². The van der Waals surface area contributed by atoms with E-state index in [9.17, 15) is 9.90 Å². The highest BCUT2D eigenvalue weighted by atomic mass is 79.9. The van der Waals surface area contributed by atoms with Crippen LogP contribution in [0.3, 0.4) is 0 Å². The molecular formula is C18H28BrN3O3. The molecule has 0 aromatic carbocycles. The third-order valence-electron chi connectivity index (χ3n) is 5.28. The second-order valence-electron chi connectivity index (χ2n) is 8.56. The van der Waals surface area contributed by atoms with Gasteiger partial charge in [0.1, 0.15) is 21.6 Å². The minimum absolute atomic E-state index is 0.221. The van der Waals surface area contributed by atoms with Gasteiger partial charge in [-0.3, -0.25) is 4.90 Å². The van der Waals surface area contributed by atoms with E-state index in [-0.39, 0.29) is 18.2 Å². The molecule has 1 N–H and O–H groups in total. The van der Waals surface area contributed by atoms with E-state index >= 15 is 0 Å². The smallest absolute Gasteiger partial charge is 0.410 e. The Morgan fingerprint density at radius 3 is 2.48 bits per heavy atom. The molecule has 1 amide bonds. The number of aromatic nitrogens is 2. The number of carbonyl (C=O) groups excluding carboxylic acids is 1. The molecule has 2 fully saturated rings. The van der Waals surface area contributed by atoms with Crippen LogP contribution in [0.2, 0.25) is 0 Å². The Bertz CT molecular complexity index is 661. The standard InChI is InChI=1S/C18H28BrN3O3/c1-16(2,3)25-15(23)22-12-18(24,14-20-13(19)10-21(14)4)11-17(22)8-6-5-7-9-17/h10,24H,5-9,11-12H2,1-4H3. The summed E-state index contributed by atoms with van der Waals surface area (Å²) in [6.07, 6.45) is 7.13. The van der Waals surface area contributed by atoms with E-state index in [0.29, 0.717) is 16.8 Å². The molecule has 1 saturated heterocycles. The number of ether oxygens (including phenoxy) is 1. The number of β-amino-alcohol motifs (C(OH)–C–C–N with tert-alkyl or cyclic N) is 1. The third-order valence-corrected chi connectivity index (χ3v) is 5.66. The molecule has 1 saturated carbocycles. The first kappa shape index (κ1) is 18.7. The molecule has 0 radical (unpaired) electrons. The van der Waals surface area contributed by atoms with Gasteiger partial charge >= 0.3 is 6.09 Å². The predicted molar refractivity (Wildman–Crippen MR) is 98.2 cm³/mol. The molecule has 2 heterocycles. The monoisotopic (exact) mass is 413 g/mol. The van der Waals surface area contributed by atoms with Crippen LogP contribution in [-0.4, -0.2) is 43.3 Å². The van der Waals surface area contributed by atoms with Crippen LogP contribution in [0, 0.1) is 0 Å². The van der Waals surface area contributed by atoms with Crippen LogP contribution in [0.5, 0.6) is 0 Å². The molecule has 3 rings (SSSR count). The highest BCUT2D eigenvalue weighted by molar-refractivity contribution is 9.10. The molecule has 1 atom stereocenters. The number of halogens is 1. The van der Waals surface area contributed by atoms with E-state index in [1.54, 1.807) is 4.90 Å². The van der Waals surface area contributed by atoms with Crippen LogP contribution in [0.4, 0.5) is 4.79 Å². The number of nitrogens with zero attached hydrogens (tertiary/aromatic N) is 3. The maximum absolute atomic E-state index is 12.9. The fourth-order valence-electron chi connectivity index (χ4n) is 4.37. The van der Waals surface area contributed by atoms with Crippen LogP contribution in [0.1, 0.15) is 65.1 Å². The Hall–Kier alpha value is -1.08. The van der Waals surface area contributed by atoms with Crippen molar-refractivity contribution in [3.8, 4) is 0 Å². The van der Waals surface area contributed by atoms with Gasteiger partial charge in [-0.2, -0.15) is 0 Å². The van der Waals surface area contributed by atoms with E-state index < -0.39 is 11.2 Å². The predicted octanol–water partition coefficient (Wildman–Crippen LogP) is 3.71. The molecule has 1 aromatic rings. The van der Waals surface area contributed by atoms with Crippen molar-refractivity contribution in [3.63, 3.8) is 0 Å². The Kier molecular flexibility index (Phi) is 4.69. The lowest BCUT2D eigenvalue weighted by Gasteiger charge is -2.41. The molecule has 1 unspecified atom stereocenters.